The molecule has 23 heavy (non-hydrogen) atoms. The Morgan fingerprint density at radius 3 is 2.39 bits per heavy atom. The van der Waals surface area contributed by atoms with E-state index in [0.29, 0.717) is 0 Å². The Balaban J connectivity index is 1.81. The molecule has 2 aliphatic heterocycles. The van der Waals surface area contributed by atoms with Gasteiger partial charge in [0, 0.05) is 23.2 Å². The van der Waals surface area contributed by atoms with Crippen LogP contribution in [0.5, 0.6) is 0 Å². The normalized spacial score (nSPS) is 26.6. The summed E-state index contributed by atoms with van der Waals surface area (Å²) in [5, 5.41) is 0. The maximum Gasteiger partial charge on any atom is 0.495 e. The van der Waals surface area contributed by atoms with E-state index in [0.717, 1.165) is 28.9 Å². The van der Waals surface area contributed by atoms with Gasteiger partial charge in [-0.15, -0.1) is 0 Å². The van der Waals surface area contributed by atoms with Crippen molar-refractivity contribution in [3.05, 3.63) is 22.7 Å². The Morgan fingerprint density at radius 2 is 1.83 bits per heavy atom. The van der Waals surface area contributed by atoms with Gasteiger partial charge >= 0.3 is 7.12 Å². The molecule has 1 aromatic rings. The van der Waals surface area contributed by atoms with Crippen LogP contribution in [0.4, 0.5) is 5.69 Å². The fourth-order valence-corrected chi connectivity index (χ4v) is 3.85. The molecule has 0 N–H and O–H groups in total. The predicted molar refractivity (Wildman–Crippen MR) is 100 cm³/mol. The van der Waals surface area contributed by atoms with E-state index >= 15 is 0 Å². The highest BCUT2D eigenvalue weighted by atomic mass is 79.9. The minimum absolute atomic E-state index is 0.307. The molecule has 0 spiro atoms. The van der Waals surface area contributed by atoms with Gasteiger partial charge in [0.15, 0.2) is 0 Å². The molecule has 0 bridgehead atoms. The second kappa shape index (κ2) is 6.09. The lowest BCUT2D eigenvalue weighted by atomic mass is 9.79. The molecule has 3 rings (SSSR count). The van der Waals surface area contributed by atoms with Crippen LogP contribution in [0.1, 0.15) is 47.5 Å². The summed E-state index contributed by atoms with van der Waals surface area (Å²) in [4.78, 5) is 2.48. The summed E-state index contributed by atoms with van der Waals surface area (Å²) < 4.78 is 13.4. The van der Waals surface area contributed by atoms with Crippen molar-refractivity contribution in [3.63, 3.8) is 0 Å². The summed E-state index contributed by atoms with van der Waals surface area (Å²) in [5.74, 6) is 0.769. The molecule has 1 unspecified atom stereocenters. The highest BCUT2D eigenvalue weighted by Crippen LogP contribution is 2.37. The Labute approximate surface area is 149 Å². The molecule has 1 atom stereocenters. The second-order valence-electron chi connectivity index (χ2n) is 7.99. The van der Waals surface area contributed by atoms with Crippen molar-refractivity contribution in [1.82, 2.24) is 0 Å². The van der Waals surface area contributed by atoms with E-state index in [1.54, 1.807) is 0 Å². The first-order valence-corrected chi connectivity index (χ1v) is 9.39. The van der Waals surface area contributed by atoms with Crippen LogP contribution in [0.3, 0.4) is 0 Å². The van der Waals surface area contributed by atoms with Gasteiger partial charge in [-0.05, 0) is 64.1 Å². The van der Waals surface area contributed by atoms with Crippen LogP contribution in [0.25, 0.3) is 0 Å². The first kappa shape index (κ1) is 17.3. The standard InChI is InChI=1S/C18H27BBrNO2/c1-13-7-6-10-21(12-13)14-8-9-15(16(20)11-14)19-22-17(2,3)18(4,5)23-19/h8-9,11,13H,6-7,10,12H2,1-5H3. The van der Waals surface area contributed by atoms with E-state index < -0.39 is 0 Å². The number of hydrogen-bond acceptors (Lipinski definition) is 3. The molecule has 3 nitrogen and oxygen atoms in total. The maximum absolute atomic E-state index is 6.17. The van der Waals surface area contributed by atoms with Crippen LogP contribution in [0, 0.1) is 5.92 Å². The second-order valence-corrected chi connectivity index (χ2v) is 8.84. The number of rotatable bonds is 2. The van der Waals surface area contributed by atoms with E-state index in [4.69, 9.17) is 9.31 Å². The Morgan fingerprint density at radius 1 is 1.17 bits per heavy atom. The number of nitrogens with zero attached hydrogens (tertiary/aromatic N) is 1. The van der Waals surface area contributed by atoms with Crippen LogP contribution in [-0.2, 0) is 9.31 Å². The van der Waals surface area contributed by atoms with Gasteiger partial charge in [-0.1, -0.05) is 28.9 Å². The third-order valence-electron chi connectivity index (χ3n) is 5.51. The maximum atomic E-state index is 6.17. The third kappa shape index (κ3) is 3.33. The number of piperidine rings is 1. The molecule has 0 aromatic heterocycles. The fourth-order valence-electron chi connectivity index (χ4n) is 3.30. The van der Waals surface area contributed by atoms with Gasteiger partial charge < -0.3 is 14.2 Å². The fraction of sp³-hybridized carbons (Fsp3) is 0.667. The zero-order valence-electron chi connectivity index (χ0n) is 14.9. The molecule has 2 aliphatic rings. The summed E-state index contributed by atoms with van der Waals surface area (Å²) in [5.41, 5.74) is 1.73. The molecule has 2 heterocycles. The molecular formula is C18H27BBrNO2. The number of halogens is 1. The zero-order valence-corrected chi connectivity index (χ0v) is 16.4. The number of hydrogen-bond donors (Lipinski definition) is 0. The predicted octanol–water partition coefficient (Wildman–Crippen LogP) is 3.98. The van der Waals surface area contributed by atoms with E-state index in [9.17, 15) is 0 Å². The van der Waals surface area contributed by atoms with Crippen LogP contribution >= 0.6 is 15.9 Å². The number of benzene rings is 1. The molecule has 0 radical (unpaired) electrons. The topological polar surface area (TPSA) is 21.7 Å². The quantitative estimate of drug-likeness (QED) is 0.725. The smallest absolute Gasteiger partial charge is 0.399 e. The summed E-state index contributed by atoms with van der Waals surface area (Å²) in [6.45, 7) is 13.0. The number of anilines is 1. The summed E-state index contributed by atoms with van der Waals surface area (Å²) >= 11 is 3.73. The molecule has 2 saturated heterocycles. The van der Waals surface area contributed by atoms with Gasteiger partial charge in [-0.3, -0.25) is 0 Å². The molecule has 0 amide bonds. The Kier molecular flexibility index (Phi) is 4.58. The van der Waals surface area contributed by atoms with E-state index in [1.807, 2.05) is 0 Å². The van der Waals surface area contributed by atoms with Gasteiger partial charge in [0.25, 0.3) is 0 Å². The van der Waals surface area contributed by atoms with Gasteiger partial charge in [0.05, 0.1) is 11.2 Å². The average molecular weight is 380 g/mol. The first-order chi connectivity index (χ1) is 10.7. The Bertz CT molecular complexity index is 574. The van der Waals surface area contributed by atoms with E-state index in [-0.39, 0.29) is 18.3 Å². The van der Waals surface area contributed by atoms with E-state index in [2.05, 4.69) is 73.6 Å². The first-order valence-electron chi connectivity index (χ1n) is 8.60. The Hall–Kier alpha value is -0.515. The zero-order chi connectivity index (χ0) is 16.8. The van der Waals surface area contributed by atoms with Crippen LogP contribution in [0.2, 0.25) is 0 Å². The lowest BCUT2D eigenvalue weighted by Crippen LogP contribution is -2.41. The molecular weight excluding hydrogens is 353 g/mol. The lowest BCUT2D eigenvalue weighted by Gasteiger charge is -2.33. The molecule has 1 aromatic carbocycles. The van der Waals surface area contributed by atoms with Crippen molar-refractivity contribution in [2.24, 2.45) is 5.92 Å². The molecule has 5 heteroatoms. The van der Waals surface area contributed by atoms with Gasteiger partial charge in [-0.2, -0.15) is 0 Å². The molecule has 0 aliphatic carbocycles. The minimum Gasteiger partial charge on any atom is -0.399 e. The largest absolute Gasteiger partial charge is 0.495 e. The highest BCUT2D eigenvalue weighted by molar-refractivity contribution is 9.10. The van der Waals surface area contributed by atoms with Crippen molar-refractivity contribution >= 4 is 34.2 Å². The lowest BCUT2D eigenvalue weighted by molar-refractivity contribution is 0.00578. The highest BCUT2D eigenvalue weighted by Gasteiger charge is 2.52. The summed E-state index contributed by atoms with van der Waals surface area (Å²) in [7, 11) is -0.316. The van der Waals surface area contributed by atoms with Crippen molar-refractivity contribution in [2.75, 3.05) is 18.0 Å². The van der Waals surface area contributed by atoms with E-state index in [1.165, 1.54) is 18.5 Å². The van der Waals surface area contributed by atoms with Crippen LogP contribution in [-0.4, -0.2) is 31.4 Å². The molecule has 126 valence electrons. The SMILES string of the molecule is CC1CCCN(c2ccc(B3OC(C)(C)C(C)(C)O3)c(Br)c2)C1. The summed E-state index contributed by atoms with van der Waals surface area (Å²) in [6.07, 6.45) is 2.61. The van der Waals surface area contributed by atoms with Crippen molar-refractivity contribution < 1.29 is 9.31 Å². The average Bonchev–Trinajstić information content (AvgIpc) is 2.67. The summed E-state index contributed by atoms with van der Waals surface area (Å²) in [6, 6.07) is 6.54. The van der Waals surface area contributed by atoms with Crippen LogP contribution < -0.4 is 10.4 Å². The monoisotopic (exact) mass is 379 g/mol. The molecule has 0 saturated carbocycles. The van der Waals surface area contributed by atoms with Crippen molar-refractivity contribution in [2.45, 2.75) is 58.7 Å². The molecule has 2 fully saturated rings. The van der Waals surface area contributed by atoms with Gasteiger partial charge in [0.2, 0.25) is 0 Å². The van der Waals surface area contributed by atoms with Crippen molar-refractivity contribution in [1.29, 1.82) is 0 Å². The van der Waals surface area contributed by atoms with Gasteiger partial charge in [0.1, 0.15) is 0 Å². The van der Waals surface area contributed by atoms with Gasteiger partial charge in [-0.25, -0.2) is 0 Å². The van der Waals surface area contributed by atoms with Crippen molar-refractivity contribution in [3.8, 4) is 0 Å². The minimum atomic E-state index is -0.316. The third-order valence-corrected chi connectivity index (χ3v) is 6.20. The van der Waals surface area contributed by atoms with Crippen LogP contribution in [0.15, 0.2) is 22.7 Å².